The molecule has 0 unspecified atom stereocenters. The van der Waals surface area contributed by atoms with E-state index in [1.807, 2.05) is 0 Å². The summed E-state index contributed by atoms with van der Waals surface area (Å²) in [5, 5.41) is 7.57. The van der Waals surface area contributed by atoms with E-state index in [-0.39, 0.29) is 0 Å². The van der Waals surface area contributed by atoms with E-state index in [1.54, 1.807) is 0 Å². The Morgan fingerprint density at radius 3 is 1.00 bits per heavy atom. The van der Waals surface area contributed by atoms with Gasteiger partial charge in [-0.15, -0.1) is 0 Å². The molecule has 0 bridgehead atoms. The van der Waals surface area contributed by atoms with E-state index in [0.29, 0.717) is 11.1 Å². The van der Waals surface area contributed by atoms with Gasteiger partial charge in [-0.05, 0) is 58.0 Å². The molecule has 0 radical (unpaired) electrons. The molecular formula is C17H38N2. The van der Waals surface area contributed by atoms with Crippen molar-refractivity contribution in [1.82, 2.24) is 10.6 Å². The van der Waals surface area contributed by atoms with Gasteiger partial charge < -0.3 is 10.6 Å². The molecule has 0 aliphatic carbocycles. The van der Waals surface area contributed by atoms with Crippen LogP contribution in [-0.2, 0) is 0 Å². The van der Waals surface area contributed by atoms with Gasteiger partial charge in [0.1, 0.15) is 0 Å². The van der Waals surface area contributed by atoms with Crippen molar-refractivity contribution in [2.24, 2.45) is 0 Å². The zero-order valence-electron chi connectivity index (χ0n) is 14.4. The second-order valence-electron chi connectivity index (χ2n) is 5.89. The van der Waals surface area contributed by atoms with Gasteiger partial charge in [0.15, 0.2) is 0 Å². The van der Waals surface area contributed by atoms with Crippen molar-refractivity contribution >= 4 is 0 Å². The smallest absolute Gasteiger partial charge is 0.0173 e. The molecule has 0 rings (SSSR count). The third kappa shape index (κ3) is 5.83. The Hall–Kier alpha value is -0.0800. The minimum Gasteiger partial charge on any atom is -0.311 e. The Kier molecular flexibility index (Phi) is 9.72. The van der Waals surface area contributed by atoms with Crippen LogP contribution in [0, 0.1) is 0 Å². The van der Waals surface area contributed by atoms with Gasteiger partial charge >= 0.3 is 0 Å². The molecule has 0 aromatic carbocycles. The maximum Gasteiger partial charge on any atom is 0.0173 e. The van der Waals surface area contributed by atoms with E-state index >= 15 is 0 Å². The van der Waals surface area contributed by atoms with Crippen LogP contribution in [0.25, 0.3) is 0 Å². The standard InChI is InChI=1S/C17H38N2/c1-7-16(8-2,9-3)18-14-13-15-19-17(10-4,11-5)12-6/h18-19H,7-15H2,1-6H3. The fourth-order valence-electron chi connectivity index (χ4n) is 3.05. The third-order valence-corrected chi connectivity index (χ3v) is 5.41. The van der Waals surface area contributed by atoms with E-state index in [1.165, 1.54) is 44.9 Å². The fraction of sp³-hybridized carbons (Fsp3) is 1.00. The first-order chi connectivity index (χ1) is 9.07. The van der Waals surface area contributed by atoms with Crippen molar-refractivity contribution in [1.29, 1.82) is 0 Å². The molecule has 0 amide bonds. The van der Waals surface area contributed by atoms with Crippen molar-refractivity contribution in [3.63, 3.8) is 0 Å². The maximum atomic E-state index is 3.78. The first-order valence-corrected chi connectivity index (χ1v) is 8.57. The average molecular weight is 271 g/mol. The molecule has 0 heterocycles. The molecule has 0 aromatic heterocycles. The molecule has 0 fully saturated rings. The minimum atomic E-state index is 0.372. The highest BCUT2D eigenvalue weighted by atomic mass is 15.0. The topological polar surface area (TPSA) is 24.1 Å². The van der Waals surface area contributed by atoms with Crippen molar-refractivity contribution in [2.45, 2.75) is 97.6 Å². The second kappa shape index (κ2) is 9.77. The van der Waals surface area contributed by atoms with Crippen LogP contribution in [0.1, 0.15) is 86.5 Å². The second-order valence-corrected chi connectivity index (χ2v) is 5.89. The van der Waals surface area contributed by atoms with Crippen LogP contribution in [0.15, 0.2) is 0 Å². The molecule has 19 heavy (non-hydrogen) atoms. The predicted octanol–water partition coefficient (Wildman–Crippen LogP) is 4.49. The highest BCUT2D eigenvalue weighted by Crippen LogP contribution is 2.20. The molecule has 2 heteroatoms. The molecule has 2 nitrogen and oxygen atoms in total. The Balaban J connectivity index is 3.98. The van der Waals surface area contributed by atoms with Gasteiger partial charge in [0.25, 0.3) is 0 Å². The van der Waals surface area contributed by atoms with Gasteiger partial charge in [-0.1, -0.05) is 41.5 Å². The first kappa shape index (κ1) is 18.9. The molecule has 0 atom stereocenters. The van der Waals surface area contributed by atoms with Gasteiger partial charge in [0.05, 0.1) is 0 Å². The van der Waals surface area contributed by atoms with Gasteiger partial charge in [0, 0.05) is 11.1 Å². The Morgan fingerprint density at radius 2 is 0.789 bits per heavy atom. The lowest BCUT2D eigenvalue weighted by Crippen LogP contribution is -2.47. The molecule has 0 aromatic rings. The summed E-state index contributed by atoms with van der Waals surface area (Å²) in [6.45, 7) is 16.1. The van der Waals surface area contributed by atoms with Crippen molar-refractivity contribution in [2.75, 3.05) is 13.1 Å². The highest BCUT2D eigenvalue weighted by molar-refractivity contribution is 4.85. The van der Waals surface area contributed by atoms with Gasteiger partial charge in [0.2, 0.25) is 0 Å². The van der Waals surface area contributed by atoms with Gasteiger partial charge in [-0.3, -0.25) is 0 Å². The molecule has 0 saturated heterocycles. The molecular weight excluding hydrogens is 232 g/mol. The molecule has 2 N–H and O–H groups in total. The van der Waals surface area contributed by atoms with E-state index in [2.05, 4.69) is 52.2 Å². The summed E-state index contributed by atoms with van der Waals surface area (Å²) in [4.78, 5) is 0. The predicted molar refractivity (Wildman–Crippen MR) is 87.8 cm³/mol. The van der Waals surface area contributed by atoms with E-state index < -0.39 is 0 Å². The lowest BCUT2D eigenvalue weighted by Gasteiger charge is -2.34. The first-order valence-electron chi connectivity index (χ1n) is 8.57. The Labute approximate surface area is 122 Å². The molecule has 0 aliphatic rings. The number of hydrogen-bond acceptors (Lipinski definition) is 2. The fourth-order valence-corrected chi connectivity index (χ4v) is 3.05. The molecule has 0 spiro atoms. The minimum absolute atomic E-state index is 0.372. The van der Waals surface area contributed by atoms with Gasteiger partial charge in [-0.25, -0.2) is 0 Å². The molecule has 116 valence electrons. The summed E-state index contributed by atoms with van der Waals surface area (Å²) in [5.41, 5.74) is 0.745. The maximum absolute atomic E-state index is 3.78. The SMILES string of the molecule is CCC(CC)(CC)NCCCNC(CC)(CC)CC. The summed E-state index contributed by atoms with van der Waals surface area (Å²) in [5.74, 6) is 0. The zero-order chi connectivity index (χ0) is 14.8. The normalized spacial score (nSPS) is 12.9. The largest absolute Gasteiger partial charge is 0.311 e. The van der Waals surface area contributed by atoms with Crippen molar-refractivity contribution in [3.8, 4) is 0 Å². The highest BCUT2D eigenvalue weighted by Gasteiger charge is 2.24. The summed E-state index contributed by atoms with van der Waals surface area (Å²) in [6, 6.07) is 0. The summed E-state index contributed by atoms with van der Waals surface area (Å²) < 4.78 is 0. The number of nitrogens with one attached hydrogen (secondary N) is 2. The van der Waals surface area contributed by atoms with Crippen LogP contribution >= 0.6 is 0 Å². The Morgan fingerprint density at radius 1 is 0.526 bits per heavy atom. The van der Waals surface area contributed by atoms with Crippen molar-refractivity contribution in [3.05, 3.63) is 0 Å². The number of hydrogen-bond donors (Lipinski definition) is 2. The van der Waals surface area contributed by atoms with Crippen LogP contribution in [0.5, 0.6) is 0 Å². The van der Waals surface area contributed by atoms with Gasteiger partial charge in [-0.2, -0.15) is 0 Å². The lowest BCUT2D eigenvalue weighted by atomic mass is 9.89. The summed E-state index contributed by atoms with van der Waals surface area (Å²) in [6.07, 6.45) is 8.62. The summed E-state index contributed by atoms with van der Waals surface area (Å²) in [7, 11) is 0. The van der Waals surface area contributed by atoms with Crippen LogP contribution < -0.4 is 10.6 Å². The van der Waals surface area contributed by atoms with Crippen LogP contribution in [0.4, 0.5) is 0 Å². The average Bonchev–Trinajstić information content (AvgIpc) is 2.48. The molecule has 0 aliphatic heterocycles. The van der Waals surface area contributed by atoms with Crippen LogP contribution in [0.3, 0.4) is 0 Å². The monoisotopic (exact) mass is 270 g/mol. The van der Waals surface area contributed by atoms with E-state index in [4.69, 9.17) is 0 Å². The van der Waals surface area contributed by atoms with Crippen LogP contribution in [0.2, 0.25) is 0 Å². The quantitative estimate of drug-likeness (QED) is 0.510. The third-order valence-electron chi connectivity index (χ3n) is 5.41. The lowest BCUT2D eigenvalue weighted by molar-refractivity contribution is 0.270. The number of rotatable bonds is 12. The van der Waals surface area contributed by atoms with Crippen molar-refractivity contribution < 1.29 is 0 Å². The summed E-state index contributed by atoms with van der Waals surface area (Å²) >= 11 is 0. The Bertz CT molecular complexity index is 167. The zero-order valence-corrected chi connectivity index (χ0v) is 14.4. The van der Waals surface area contributed by atoms with Crippen LogP contribution in [-0.4, -0.2) is 24.2 Å². The van der Waals surface area contributed by atoms with E-state index in [0.717, 1.165) is 13.1 Å². The van der Waals surface area contributed by atoms with E-state index in [9.17, 15) is 0 Å². The molecule has 0 saturated carbocycles.